The molecule has 1 aliphatic heterocycles. The molecule has 0 radical (unpaired) electrons. The lowest BCUT2D eigenvalue weighted by Gasteiger charge is -2.20. The molecule has 0 spiro atoms. The van der Waals surface area contributed by atoms with Crippen LogP contribution in [-0.2, 0) is 4.79 Å². The normalized spacial score (nSPS) is 18.2. The van der Waals surface area contributed by atoms with Crippen molar-refractivity contribution in [2.45, 2.75) is 0 Å². The van der Waals surface area contributed by atoms with Crippen LogP contribution in [0.25, 0.3) is 42.6 Å². The topological polar surface area (TPSA) is 45.6 Å². The van der Waals surface area contributed by atoms with Crippen LogP contribution in [0.5, 0.6) is 0 Å². The van der Waals surface area contributed by atoms with Crippen LogP contribution in [0, 0.1) is 0 Å². The summed E-state index contributed by atoms with van der Waals surface area (Å²) in [5.74, 6) is -0.0383. The second kappa shape index (κ2) is 5.56. The first kappa shape index (κ1) is 16.3. The molecule has 3 aromatic heterocycles. The SMILES string of the molecule is O=C1C(c2ccc3sc4ccccc4n23)=C(O)/C1=C1\C=Cc2sc3ccccc3[n+]21. The number of allylic oxidation sites excluding steroid dienone is 4. The maximum absolute atomic E-state index is 13.3. The molecule has 0 unspecified atom stereocenters. The van der Waals surface area contributed by atoms with Crippen molar-refractivity contribution < 1.29 is 14.5 Å². The van der Waals surface area contributed by atoms with Gasteiger partial charge in [-0.15, -0.1) is 15.9 Å². The second-order valence-electron chi connectivity index (χ2n) is 7.35. The van der Waals surface area contributed by atoms with Gasteiger partial charge in [0.1, 0.15) is 20.9 Å². The van der Waals surface area contributed by atoms with Crippen molar-refractivity contribution in [2.24, 2.45) is 0 Å². The molecular weight excluding hydrogens is 412 g/mol. The monoisotopic (exact) mass is 425 g/mol. The van der Waals surface area contributed by atoms with E-state index in [0.717, 1.165) is 41.7 Å². The minimum absolute atomic E-state index is 0.0746. The van der Waals surface area contributed by atoms with Gasteiger partial charge in [-0.1, -0.05) is 35.6 Å². The van der Waals surface area contributed by atoms with Gasteiger partial charge < -0.3 is 5.11 Å². The zero-order valence-electron chi connectivity index (χ0n) is 15.5. The Morgan fingerprint density at radius 3 is 2.50 bits per heavy atom. The molecule has 4 heterocycles. The fourth-order valence-electron chi connectivity index (χ4n) is 4.44. The van der Waals surface area contributed by atoms with Gasteiger partial charge in [-0.05, 0) is 30.3 Å². The average molecular weight is 426 g/mol. The van der Waals surface area contributed by atoms with E-state index >= 15 is 0 Å². The molecule has 0 bridgehead atoms. The molecule has 2 aliphatic rings. The number of fused-ring (bicyclic) bond motifs is 6. The number of nitrogens with zero attached hydrogens (tertiary/aromatic N) is 2. The Bertz CT molecular complexity index is 1670. The molecule has 6 heteroatoms. The molecule has 0 saturated carbocycles. The Hall–Kier alpha value is -3.48. The zero-order valence-corrected chi connectivity index (χ0v) is 17.1. The van der Waals surface area contributed by atoms with Crippen LogP contribution in [0.2, 0.25) is 0 Å². The van der Waals surface area contributed by atoms with Crippen LogP contribution in [0.3, 0.4) is 0 Å². The second-order valence-corrected chi connectivity index (χ2v) is 9.48. The predicted molar refractivity (Wildman–Crippen MR) is 122 cm³/mol. The molecular formula is C24H13N2O2S2+. The van der Waals surface area contributed by atoms with Gasteiger partial charge in [-0.3, -0.25) is 9.20 Å². The highest BCUT2D eigenvalue weighted by Gasteiger charge is 2.44. The van der Waals surface area contributed by atoms with Crippen LogP contribution in [0.4, 0.5) is 0 Å². The molecule has 0 saturated heterocycles. The largest absolute Gasteiger partial charge is 0.506 e. The molecule has 5 aromatic rings. The van der Waals surface area contributed by atoms with Crippen molar-refractivity contribution >= 4 is 71.1 Å². The van der Waals surface area contributed by atoms with Crippen LogP contribution in [0.15, 0.2) is 78.1 Å². The van der Waals surface area contributed by atoms with E-state index in [1.54, 1.807) is 22.7 Å². The van der Waals surface area contributed by atoms with E-state index in [0.29, 0.717) is 11.1 Å². The number of aromatic nitrogens is 2. The first-order chi connectivity index (χ1) is 14.7. The number of carbonyl (C=O) groups excluding carboxylic acids is 1. The molecule has 4 nitrogen and oxygen atoms in total. The number of hydrogen-bond donors (Lipinski definition) is 1. The lowest BCUT2D eigenvalue weighted by atomic mass is 9.84. The Morgan fingerprint density at radius 2 is 1.63 bits per heavy atom. The molecule has 7 rings (SSSR count). The number of hydrogen-bond acceptors (Lipinski definition) is 4. The minimum atomic E-state index is -0.113. The summed E-state index contributed by atoms with van der Waals surface area (Å²) in [5, 5.41) is 12.1. The average Bonchev–Trinajstić information content (AvgIpc) is 3.50. The fourth-order valence-corrected chi connectivity index (χ4v) is 6.56. The lowest BCUT2D eigenvalue weighted by molar-refractivity contribution is -0.543. The number of Topliss-reactive ketones (excluding diaryl/α,β-unsaturated/α-hetero) is 1. The van der Waals surface area contributed by atoms with Crippen LogP contribution in [0.1, 0.15) is 10.7 Å². The number of benzene rings is 2. The van der Waals surface area contributed by atoms with Crippen molar-refractivity contribution in [3.8, 4) is 0 Å². The first-order valence-electron chi connectivity index (χ1n) is 9.56. The zero-order chi connectivity index (χ0) is 20.0. The van der Waals surface area contributed by atoms with E-state index in [1.807, 2.05) is 60.7 Å². The summed E-state index contributed by atoms with van der Waals surface area (Å²) in [6, 6.07) is 20.2. The van der Waals surface area contributed by atoms with Gasteiger partial charge in [0.25, 0.3) is 5.01 Å². The summed E-state index contributed by atoms with van der Waals surface area (Å²) in [6.45, 7) is 0. The fraction of sp³-hybridized carbons (Fsp3) is 0. The summed E-state index contributed by atoms with van der Waals surface area (Å²) in [6.07, 6.45) is 3.93. The maximum atomic E-state index is 13.3. The number of aliphatic hydroxyl groups is 1. The number of aliphatic hydroxyl groups excluding tert-OH is 1. The van der Waals surface area contributed by atoms with E-state index in [9.17, 15) is 9.90 Å². The van der Waals surface area contributed by atoms with E-state index in [2.05, 4.69) is 21.1 Å². The maximum Gasteiger partial charge on any atom is 0.268 e. The summed E-state index contributed by atoms with van der Waals surface area (Å²) in [5.41, 5.74) is 4.38. The molecule has 1 aliphatic carbocycles. The van der Waals surface area contributed by atoms with Gasteiger partial charge in [0.05, 0.1) is 21.5 Å². The van der Waals surface area contributed by atoms with Crippen LogP contribution in [-0.4, -0.2) is 15.3 Å². The van der Waals surface area contributed by atoms with Gasteiger partial charge in [-0.25, -0.2) is 0 Å². The minimum Gasteiger partial charge on any atom is -0.506 e. The standard InChI is InChI=1S/C24H12N2O2S2/c27-23-21(15-9-11-19-25(15)13-5-1-3-7-17(13)29-19)24(28)22(23)16-10-12-20-26(16)14-6-2-4-8-18(14)30-20/h1-12H/p+1. The van der Waals surface area contributed by atoms with Crippen molar-refractivity contribution in [1.82, 2.24) is 4.40 Å². The molecule has 0 atom stereocenters. The van der Waals surface area contributed by atoms with E-state index in [-0.39, 0.29) is 11.5 Å². The molecule has 0 fully saturated rings. The number of ketones is 1. The summed E-state index contributed by atoms with van der Waals surface area (Å²) >= 11 is 3.36. The highest BCUT2D eigenvalue weighted by atomic mass is 32.1. The van der Waals surface area contributed by atoms with Crippen LogP contribution >= 0.6 is 22.7 Å². The number of carbonyl (C=O) groups is 1. The molecule has 30 heavy (non-hydrogen) atoms. The Morgan fingerprint density at radius 1 is 0.833 bits per heavy atom. The smallest absolute Gasteiger partial charge is 0.268 e. The van der Waals surface area contributed by atoms with Gasteiger partial charge in [0, 0.05) is 18.2 Å². The summed E-state index contributed by atoms with van der Waals surface area (Å²) < 4.78 is 6.44. The molecule has 142 valence electrons. The van der Waals surface area contributed by atoms with Gasteiger partial charge in [-0.2, -0.15) is 0 Å². The van der Waals surface area contributed by atoms with Gasteiger partial charge >= 0.3 is 0 Å². The van der Waals surface area contributed by atoms with Crippen molar-refractivity contribution in [3.63, 3.8) is 0 Å². The van der Waals surface area contributed by atoms with E-state index in [4.69, 9.17) is 0 Å². The van der Waals surface area contributed by atoms with Gasteiger partial charge in [0.2, 0.25) is 17.0 Å². The van der Waals surface area contributed by atoms with Gasteiger partial charge in [0.15, 0.2) is 0 Å². The number of thiazole rings is 2. The molecule has 0 amide bonds. The summed E-state index contributed by atoms with van der Waals surface area (Å²) in [7, 11) is 0. The highest BCUT2D eigenvalue weighted by Crippen LogP contribution is 2.42. The quantitative estimate of drug-likeness (QED) is 0.287. The Kier molecular flexibility index (Phi) is 3.03. The number of rotatable bonds is 1. The third-order valence-electron chi connectivity index (χ3n) is 5.77. The van der Waals surface area contributed by atoms with Crippen molar-refractivity contribution in [1.29, 1.82) is 0 Å². The van der Waals surface area contributed by atoms with Crippen molar-refractivity contribution in [3.05, 3.63) is 88.8 Å². The number of para-hydroxylation sites is 2. The Balaban J connectivity index is 1.47. The molecule has 1 N–H and O–H groups in total. The highest BCUT2D eigenvalue weighted by molar-refractivity contribution is 7.24. The third kappa shape index (κ3) is 1.90. The third-order valence-corrected chi connectivity index (χ3v) is 7.96. The van der Waals surface area contributed by atoms with E-state index in [1.165, 1.54) is 0 Å². The predicted octanol–water partition coefficient (Wildman–Crippen LogP) is 5.45. The first-order valence-corrected chi connectivity index (χ1v) is 11.2. The van der Waals surface area contributed by atoms with E-state index < -0.39 is 0 Å². The Labute approximate surface area is 178 Å². The van der Waals surface area contributed by atoms with Crippen LogP contribution < -0.4 is 4.57 Å². The van der Waals surface area contributed by atoms with Crippen molar-refractivity contribution in [2.75, 3.05) is 0 Å². The molecule has 2 aromatic carbocycles. The summed E-state index contributed by atoms with van der Waals surface area (Å²) in [4.78, 5) is 14.4. The lowest BCUT2D eigenvalue weighted by Crippen LogP contribution is -2.35.